The molecule has 0 unspecified atom stereocenters. The van der Waals surface area contributed by atoms with E-state index >= 15 is 0 Å². The van der Waals surface area contributed by atoms with Gasteiger partial charge in [0.15, 0.2) is 0 Å². The lowest BCUT2D eigenvalue weighted by Crippen LogP contribution is -2.11. The van der Waals surface area contributed by atoms with Gasteiger partial charge in [0.25, 0.3) is 5.91 Å². The van der Waals surface area contributed by atoms with Gasteiger partial charge >= 0.3 is 0 Å². The van der Waals surface area contributed by atoms with Crippen LogP contribution in [0.25, 0.3) is 0 Å². The van der Waals surface area contributed by atoms with Crippen LogP contribution in [0.15, 0.2) is 29.9 Å². The average molecular weight is 269 g/mol. The quantitative estimate of drug-likeness (QED) is 0.931. The molecule has 0 aliphatic heterocycles. The smallest absolute Gasteiger partial charge is 0.267 e. The lowest BCUT2D eigenvalue weighted by Gasteiger charge is -2.09. The highest BCUT2D eigenvalue weighted by molar-refractivity contribution is 7.11. The molecule has 6 heteroatoms. The Labute approximate surface area is 107 Å². The van der Waals surface area contributed by atoms with Gasteiger partial charge < -0.3 is 10.1 Å². The van der Waals surface area contributed by atoms with Gasteiger partial charge in [-0.3, -0.25) is 9.78 Å². The van der Waals surface area contributed by atoms with Crippen molar-refractivity contribution >= 4 is 34.5 Å². The van der Waals surface area contributed by atoms with Crippen LogP contribution in [0.4, 0.5) is 5.69 Å². The molecule has 0 fully saturated rings. The van der Waals surface area contributed by atoms with Crippen LogP contribution in [0.1, 0.15) is 9.67 Å². The summed E-state index contributed by atoms with van der Waals surface area (Å²) in [5.74, 6) is 0.334. The van der Waals surface area contributed by atoms with Crippen molar-refractivity contribution in [1.82, 2.24) is 4.98 Å². The van der Waals surface area contributed by atoms with E-state index in [-0.39, 0.29) is 5.91 Å². The summed E-state index contributed by atoms with van der Waals surface area (Å²) in [5.41, 5.74) is 2.14. The van der Waals surface area contributed by atoms with Gasteiger partial charge in [-0.25, -0.2) is 0 Å². The molecule has 0 saturated heterocycles. The number of carbonyl (C=O) groups is 1. The predicted molar refractivity (Wildman–Crippen MR) is 68.1 cm³/mol. The Morgan fingerprint density at radius 2 is 2.35 bits per heavy atom. The molecule has 0 radical (unpaired) electrons. The summed E-state index contributed by atoms with van der Waals surface area (Å²) in [7, 11) is 1.53. The van der Waals surface area contributed by atoms with Crippen LogP contribution in [0.3, 0.4) is 0 Å². The van der Waals surface area contributed by atoms with E-state index in [9.17, 15) is 4.79 Å². The molecule has 1 heterocycles. The first-order valence-electron chi connectivity index (χ1n) is 4.74. The number of benzene rings is 1. The Kier molecular flexibility index (Phi) is 3.61. The zero-order valence-electron chi connectivity index (χ0n) is 8.94. The minimum Gasteiger partial charge on any atom is -0.495 e. The van der Waals surface area contributed by atoms with Gasteiger partial charge in [0.2, 0.25) is 0 Å². The van der Waals surface area contributed by atoms with Gasteiger partial charge in [-0.1, -0.05) is 11.6 Å². The van der Waals surface area contributed by atoms with Crippen molar-refractivity contribution in [2.45, 2.75) is 0 Å². The molecule has 0 aliphatic carbocycles. The Bertz CT molecular complexity index is 528. The monoisotopic (exact) mass is 268 g/mol. The third-order valence-electron chi connectivity index (χ3n) is 2.07. The Morgan fingerprint density at radius 1 is 1.53 bits per heavy atom. The van der Waals surface area contributed by atoms with Crippen molar-refractivity contribution in [3.05, 3.63) is 39.8 Å². The molecule has 17 heavy (non-hydrogen) atoms. The number of aromatic nitrogens is 1. The number of nitrogens with zero attached hydrogens (tertiary/aromatic N) is 1. The van der Waals surface area contributed by atoms with Crippen LogP contribution in [0.2, 0.25) is 5.02 Å². The summed E-state index contributed by atoms with van der Waals surface area (Å²) in [6.45, 7) is 0. The fraction of sp³-hybridized carbons (Fsp3) is 0.0909. The van der Waals surface area contributed by atoms with E-state index in [0.29, 0.717) is 21.3 Å². The molecule has 0 bridgehead atoms. The third kappa shape index (κ3) is 2.75. The van der Waals surface area contributed by atoms with Crippen molar-refractivity contribution < 1.29 is 9.53 Å². The van der Waals surface area contributed by atoms with E-state index in [1.807, 2.05) is 0 Å². The highest BCUT2D eigenvalue weighted by Crippen LogP contribution is 2.28. The van der Waals surface area contributed by atoms with Crippen molar-refractivity contribution in [3.63, 3.8) is 0 Å². The molecule has 1 aromatic carbocycles. The number of methoxy groups -OCH3 is 1. The number of nitrogens with one attached hydrogen (secondary N) is 1. The summed E-state index contributed by atoms with van der Waals surface area (Å²) >= 11 is 7.14. The number of thiazole rings is 1. The van der Waals surface area contributed by atoms with Crippen LogP contribution in [-0.2, 0) is 0 Å². The molecule has 0 spiro atoms. The zero-order chi connectivity index (χ0) is 12.3. The highest BCUT2D eigenvalue weighted by Gasteiger charge is 2.11. The number of hydrogen-bond donors (Lipinski definition) is 1. The van der Waals surface area contributed by atoms with Gasteiger partial charge in [0, 0.05) is 5.02 Å². The summed E-state index contributed by atoms with van der Waals surface area (Å²) in [5, 5.41) is 3.26. The number of ether oxygens (including phenoxy) is 1. The average Bonchev–Trinajstić information content (AvgIpc) is 2.83. The second kappa shape index (κ2) is 5.16. The van der Waals surface area contributed by atoms with Crippen LogP contribution in [-0.4, -0.2) is 18.0 Å². The molecule has 0 atom stereocenters. The fourth-order valence-electron chi connectivity index (χ4n) is 1.29. The first kappa shape index (κ1) is 11.9. The van der Waals surface area contributed by atoms with Crippen LogP contribution < -0.4 is 10.1 Å². The van der Waals surface area contributed by atoms with Gasteiger partial charge in [-0.15, -0.1) is 11.3 Å². The first-order valence-corrected chi connectivity index (χ1v) is 6.00. The second-order valence-electron chi connectivity index (χ2n) is 3.16. The number of anilines is 1. The predicted octanol–water partition coefficient (Wildman–Crippen LogP) is 3.06. The number of hydrogen-bond acceptors (Lipinski definition) is 4. The first-order chi connectivity index (χ1) is 8.20. The van der Waals surface area contributed by atoms with Crippen LogP contribution >= 0.6 is 22.9 Å². The van der Waals surface area contributed by atoms with E-state index in [2.05, 4.69) is 10.3 Å². The molecule has 88 valence electrons. The van der Waals surface area contributed by atoms with E-state index < -0.39 is 0 Å². The van der Waals surface area contributed by atoms with Crippen molar-refractivity contribution in [3.8, 4) is 5.75 Å². The molecule has 4 nitrogen and oxygen atoms in total. The molecule has 0 saturated carbocycles. The SMILES string of the molecule is COc1ccc(Cl)cc1NC(=O)c1cncs1. The van der Waals surface area contributed by atoms with Crippen LogP contribution in [0, 0.1) is 0 Å². The maximum atomic E-state index is 11.8. The van der Waals surface area contributed by atoms with Crippen molar-refractivity contribution in [2.24, 2.45) is 0 Å². The Hall–Kier alpha value is -1.59. The molecule has 1 aromatic heterocycles. The Morgan fingerprint density at radius 3 is 3.00 bits per heavy atom. The van der Waals surface area contributed by atoms with Crippen molar-refractivity contribution in [1.29, 1.82) is 0 Å². The van der Waals surface area contributed by atoms with E-state index in [0.717, 1.165) is 0 Å². The molecular weight excluding hydrogens is 260 g/mol. The van der Waals surface area contributed by atoms with E-state index in [1.54, 1.807) is 23.7 Å². The summed E-state index contributed by atoms with van der Waals surface area (Å²) in [4.78, 5) is 16.2. The zero-order valence-corrected chi connectivity index (χ0v) is 10.5. The van der Waals surface area contributed by atoms with Gasteiger partial charge in [0.1, 0.15) is 10.6 Å². The molecule has 2 rings (SSSR count). The van der Waals surface area contributed by atoms with E-state index in [4.69, 9.17) is 16.3 Å². The maximum Gasteiger partial charge on any atom is 0.267 e. The molecule has 2 aromatic rings. The fourth-order valence-corrected chi connectivity index (χ4v) is 1.98. The summed E-state index contributed by atoms with van der Waals surface area (Å²) in [6, 6.07) is 5.03. The summed E-state index contributed by atoms with van der Waals surface area (Å²) in [6.07, 6.45) is 1.51. The van der Waals surface area contributed by atoms with Crippen molar-refractivity contribution in [2.75, 3.05) is 12.4 Å². The summed E-state index contributed by atoms with van der Waals surface area (Å²) < 4.78 is 5.13. The molecule has 1 N–H and O–H groups in total. The third-order valence-corrected chi connectivity index (χ3v) is 3.07. The van der Waals surface area contributed by atoms with Gasteiger partial charge in [0.05, 0.1) is 24.5 Å². The lowest BCUT2D eigenvalue weighted by atomic mass is 10.3. The molecule has 0 aliphatic rings. The topological polar surface area (TPSA) is 51.2 Å². The lowest BCUT2D eigenvalue weighted by molar-refractivity contribution is 0.103. The Balaban J connectivity index is 2.23. The largest absolute Gasteiger partial charge is 0.495 e. The maximum absolute atomic E-state index is 11.8. The number of amides is 1. The number of rotatable bonds is 3. The van der Waals surface area contributed by atoms with Crippen LogP contribution in [0.5, 0.6) is 5.75 Å². The molecule has 1 amide bonds. The second-order valence-corrected chi connectivity index (χ2v) is 4.49. The standard InChI is InChI=1S/C11H9ClN2O2S/c1-16-9-3-2-7(12)4-8(9)14-11(15)10-5-13-6-17-10/h2-6H,1H3,(H,14,15). The highest BCUT2D eigenvalue weighted by atomic mass is 35.5. The van der Waals surface area contributed by atoms with Gasteiger partial charge in [-0.2, -0.15) is 0 Å². The van der Waals surface area contributed by atoms with E-state index in [1.165, 1.54) is 24.6 Å². The molecular formula is C11H9ClN2O2S. The minimum atomic E-state index is -0.229. The normalized spacial score (nSPS) is 10.0. The number of halogens is 1. The van der Waals surface area contributed by atoms with Gasteiger partial charge in [-0.05, 0) is 18.2 Å². The number of carbonyl (C=O) groups excluding carboxylic acids is 1. The minimum absolute atomic E-state index is 0.229.